The van der Waals surface area contributed by atoms with Gasteiger partial charge < -0.3 is 19.9 Å². The lowest BCUT2D eigenvalue weighted by Crippen LogP contribution is -2.55. The van der Waals surface area contributed by atoms with Gasteiger partial charge in [-0.2, -0.15) is 0 Å². The molecule has 0 bridgehead atoms. The number of hydrogen-bond donors (Lipinski definition) is 2. The van der Waals surface area contributed by atoms with Gasteiger partial charge in [-0.05, 0) is 88.8 Å². The number of aryl methyl sites for hydroxylation is 2. The van der Waals surface area contributed by atoms with E-state index in [1.165, 1.54) is 23.3 Å². The molecule has 2 N–H and O–H groups in total. The number of carbonyl (C=O) groups is 2. The zero-order valence-electron chi connectivity index (χ0n) is 28.2. The summed E-state index contributed by atoms with van der Waals surface area (Å²) in [5.74, 6) is 0.528. The average molecular weight is 613 g/mol. The highest BCUT2D eigenvalue weighted by atomic mass is 32.1. The monoisotopic (exact) mass is 612 g/mol. The van der Waals surface area contributed by atoms with E-state index in [9.17, 15) is 9.59 Å². The number of benzene rings is 1. The summed E-state index contributed by atoms with van der Waals surface area (Å²) >= 11 is 1.37. The van der Waals surface area contributed by atoms with Gasteiger partial charge in [0.05, 0.1) is 24.5 Å². The van der Waals surface area contributed by atoms with E-state index in [1.54, 1.807) is 0 Å². The molecule has 6 nitrogen and oxygen atoms in total. The number of likely N-dealkylation sites (tertiary alicyclic amines) is 1. The fourth-order valence-electron chi connectivity index (χ4n) is 5.14. The first-order valence-electron chi connectivity index (χ1n) is 15.9. The second-order valence-electron chi connectivity index (χ2n) is 12.2. The average Bonchev–Trinajstić information content (AvgIpc) is 3.31. The fourth-order valence-corrected chi connectivity index (χ4v) is 6.07. The van der Waals surface area contributed by atoms with Gasteiger partial charge in [-0.15, -0.1) is 11.3 Å². The van der Waals surface area contributed by atoms with E-state index in [1.807, 2.05) is 59.9 Å². The minimum atomic E-state index is -0.263. The number of allylic oxidation sites excluding steroid dienone is 1. The second-order valence-corrected chi connectivity index (χ2v) is 13.1. The molecule has 43 heavy (non-hydrogen) atoms. The molecule has 0 saturated carbocycles. The Balaban J connectivity index is 0.000000785. The van der Waals surface area contributed by atoms with Crippen LogP contribution in [0.4, 0.5) is 5.69 Å². The topological polar surface area (TPSA) is 67.4 Å². The highest BCUT2D eigenvalue weighted by molar-refractivity contribution is 7.13. The molecular formula is C36H58N3O3S+. The molecule has 240 valence electrons. The summed E-state index contributed by atoms with van der Waals surface area (Å²) < 4.78 is 6.49. The Hall–Kier alpha value is -2.90. The fraction of sp³-hybridized carbons (Fsp3) is 0.556. The van der Waals surface area contributed by atoms with Crippen LogP contribution in [0, 0.1) is 6.92 Å². The van der Waals surface area contributed by atoms with Crippen LogP contribution in [0.15, 0.2) is 60.2 Å². The molecule has 0 aliphatic carbocycles. The maximum atomic E-state index is 13.0. The summed E-state index contributed by atoms with van der Waals surface area (Å²) in [5.41, 5.74) is 3.80. The Morgan fingerprint density at radius 1 is 1.02 bits per heavy atom. The van der Waals surface area contributed by atoms with Crippen molar-refractivity contribution in [3.05, 3.63) is 76.2 Å². The van der Waals surface area contributed by atoms with E-state index >= 15 is 0 Å². The van der Waals surface area contributed by atoms with Crippen LogP contribution >= 0.6 is 11.3 Å². The molecule has 1 aromatic heterocycles. The standard InChI is InChI=1S/C26H41N3O3S.C8H10.C2H6/c1-19(2)16-29(14-9-8-10-15-29)17-22(30)28-23-20(3)18-33-24(23)25(31)27-13-11-12-21(4)32-26(5,6)7;1-2-8-6-4-3-5-7-8;1-2/h18H,1,4,8-17H2,2-3,5-7H3,(H-,27,28,30,31);3-7H,2H2,1H3;1-2H3/p+1. The third-order valence-electron chi connectivity index (χ3n) is 6.91. The van der Waals surface area contributed by atoms with Gasteiger partial charge in [0.1, 0.15) is 17.0 Å². The number of anilines is 1. The van der Waals surface area contributed by atoms with Crippen molar-refractivity contribution in [2.45, 2.75) is 99.5 Å². The van der Waals surface area contributed by atoms with Crippen molar-refractivity contribution in [1.82, 2.24) is 5.32 Å². The summed E-state index contributed by atoms with van der Waals surface area (Å²) in [5, 5.41) is 7.94. The molecule has 1 saturated heterocycles. The molecule has 1 fully saturated rings. The molecule has 2 amide bonds. The number of hydrogen-bond acceptors (Lipinski definition) is 4. The van der Waals surface area contributed by atoms with Gasteiger partial charge in [0, 0.05) is 13.0 Å². The maximum Gasteiger partial charge on any atom is 0.279 e. The molecule has 2 heterocycles. The number of amides is 2. The summed E-state index contributed by atoms with van der Waals surface area (Å²) in [6, 6.07) is 10.5. The number of thiophene rings is 1. The zero-order valence-corrected chi connectivity index (χ0v) is 29.1. The van der Waals surface area contributed by atoms with Crippen molar-refractivity contribution in [2.24, 2.45) is 0 Å². The molecule has 0 atom stereocenters. The van der Waals surface area contributed by atoms with Crippen molar-refractivity contribution in [1.29, 1.82) is 0 Å². The molecule has 1 aliphatic rings. The van der Waals surface area contributed by atoms with Crippen LogP contribution in [0.5, 0.6) is 0 Å². The Bertz CT molecular complexity index is 1140. The summed E-state index contributed by atoms with van der Waals surface area (Å²) in [7, 11) is 0. The van der Waals surface area contributed by atoms with E-state index in [2.05, 4.69) is 55.0 Å². The quantitative estimate of drug-likeness (QED) is 0.109. The van der Waals surface area contributed by atoms with Crippen LogP contribution < -0.4 is 10.6 Å². The molecule has 7 heteroatoms. The van der Waals surface area contributed by atoms with Crippen molar-refractivity contribution >= 4 is 28.8 Å². The molecule has 2 aromatic rings. The van der Waals surface area contributed by atoms with Crippen LogP contribution in [-0.2, 0) is 16.0 Å². The lowest BCUT2D eigenvalue weighted by atomic mass is 10.1. The van der Waals surface area contributed by atoms with Crippen LogP contribution in [0.1, 0.15) is 101 Å². The van der Waals surface area contributed by atoms with Gasteiger partial charge in [-0.3, -0.25) is 9.59 Å². The van der Waals surface area contributed by atoms with Crippen molar-refractivity contribution in [3.8, 4) is 0 Å². The third-order valence-corrected chi connectivity index (χ3v) is 8.01. The minimum absolute atomic E-state index is 0.0377. The number of piperidine rings is 1. The van der Waals surface area contributed by atoms with Gasteiger partial charge in [-0.1, -0.05) is 64.3 Å². The molecule has 1 aromatic carbocycles. The molecule has 0 spiro atoms. The van der Waals surface area contributed by atoms with E-state index in [0.717, 1.165) is 66.7 Å². The third kappa shape index (κ3) is 14.9. The first kappa shape index (κ1) is 38.1. The largest absolute Gasteiger partial charge is 0.493 e. The Labute approximate surface area is 266 Å². The lowest BCUT2D eigenvalue weighted by Gasteiger charge is -2.41. The lowest BCUT2D eigenvalue weighted by molar-refractivity contribution is -0.920. The smallest absolute Gasteiger partial charge is 0.279 e. The number of carbonyl (C=O) groups excluding carboxylic acids is 2. The van der Waals surface area contributed by atoms with E-state index < -0.39 is 0 Å². The molecule has 0 radical (unpaired) electrons. The summed E-state index contributed by atoms with van der Waals surface area (Å²) in [6.45, 7) is 27.9. The molecule has 1 aliphatic heterocycles. The van der Waals surface area contributed by atoms with Crippen LogP contribution in [0.2, 0.25) is 0 Å². The second kappa shape index (κ2) is 19.4. The molecule has 3 rings (SSSR count). The van der Waals surface area contributed by atoms with Crippen LogP contribution in [0.3, 0.4) is 0 Å². The highest BCUT2D eigenvalue weighted by Crippen LogP contribution is 2.28. The summed E-state index contributed by atoms with van der Waals surface area (Å²) in [6.07, 6.45) is 6.07. The van der Waals surface area contributed by atoms with Gasteiger partial charge >= 0.3 is 0 Å². The van der Waals surface area contributed by atoms with Gasteiger partial charge in [0.2, 0.25) is 0 Å². The van der Waals surface area contributed by atoms with Gasteiger partial charge in [-0.25, -0.2) is 0 Å². The number of nitrogens with zero attached hydrogens (tertiary/aromatic N) is 1. The zero-order chi connectivity index (χ0) is 32.5. The number of rotatable bonds is 12. The number of nitrogens with one attached hydrogen (secondary N) is 2. The highest BCUT2D eigenvalue weighted by Gasteiger charge is 2.33. The molecular weight excluding hydrogens is 554 g/mol. The Morgan fingerprint density at radius 3 is 2.19 bits per heavy atom. The van der Waals surface area contributed by atoms with Crippen molar-refractivity contribution in [2.75, 3.05) is 38.0 Å². The first-order valence-corrected chi connectivity index (χ1v) is 16.8. The minimum Gasteiger partial charge on any atom is -0.493 e. The van der Waals surface area contributed by atoms with Crippen LogP contribution in [-0.4, -0.2) is 54.6 Å². The van der Waals surface area contributed by atoms with E-state index in [-0.39, 0.29) is 17.4 Å². The maximum absolute atomic E-state index is 13.0. The van der Waals surface area contributed by atoms with Crippen molar-refractivity contribution < 1.29 is 18.8 Å². The van der Waals surface area contributed by atoms with Gasteiger partial charge in [0.15, 0.2) is 6.54 Å². The van der Waals surface area contributed by atoms with E-state index in [4.69, 9.17) is 4.74 Å². The summed E-state index contributed by atoms with van der Waals surface area (Å²) in [4.78, 5) is 26.4. The molecule has 0 unspecified atom stereocenters. The predicted molar refractivity (Wildman–Crippen MR) is 185 cm³/mol. The predicted octanol–water partition coefficient (Wildman–Crippen LogP) is 8.69. The van der Waals surface area contributed by atoms with Crippen LogP contribution in [0.25, 0.3) is 0 Å². The van der Waals surface area contributed by atoms with E-state index in [0.29, 0.717) is 30.1 Å². The Morgan fingerprint density at radius 2 is 1.65 bits per heavy atom. The van der Waals surface area contributed by atoms with Gasteiger partial charge in [0.25, 0.3) is 11.8 Å². The SMILES string of the molecule is C=C(C)C[N+]1(CC(=O)Nc2c(C)csc2C(=O)NCCCC(=C)OC(C)(C)C)CCCCC1.CC.CCc1ccccc1. The van der Waals surface area contributed by atoms with Crippen molar-refractivity contribution in [3.63, 3.8) is 0 Å². The number of ether oxygens (including phenoxy) is 1. The normalized spacial score (nSPS) is 13.8. The number of quaternary nitrogens is 1. The Kier molecular flexibility index (Phi) is 17.2. The first-order chi connectivity index (χ1) is 20.3.